The van der Waals surface area contributed by atoms with Crippen LogP contribution < -0.4 is 10.6 Å². The molecule has 2 amide bonds. The zero-order valence-electron chi connectivity index (χ0n) is 16.9. The highest BCUT2D eigenvalue weighted by Crippen LogP contribution is 2.30. The van der Waals surface area contributed by atoms with E-state index in [4.69, 9.17) is 23.2 Å². The number of halogens is 2. The quantitative estimate of drug-likeness (QED) is 0.435. The first-order valence-electron chi connectivity index (χ1n) is 9.73. The summed E-state index contributed by atoms with van der Waals surface area (Å²) in [5.74, 6) is -0.526. The van der Waals surface area contributed by atoms with Gasteiger partial charge in [-0.15, -0.1) is 11.3 Å². The number of thiazole rings is 1. The highest BCUT2D eigenvalue weighted by atomic mass is 35.5. The topological polar surface area (TPSA) is 74.3 Å². The van der Waals surface area contributed by atoms with Crippen molar-refractivity contribution in [3.05, 3.63) is 75.2 Å². The van der Waals surface area contributed by atoms with Crippen LogP contribution in [0.5, 0.6) is 0 Å². The van der Waals surface area contributed by atoms with Crippen LogP contribution in [0.15, 0.2) is 53.9 Å². The lowest BCUT2D eigenvalue weighted by molar-refractivity contribution is -0.121. The average molecular weight is 477 g/mol. The SMILES string of the molecule is CCCNC(=O)CN(Cc1ccccc1)C(=O)c1csc(Nc2cc(Cl)ccc2Cl)n1. The molecule has 2 N–H and O–H groups in total. The summed E-state index contributed by atoms with van der Waals surface area (Å²) in [6.45, 7) is 2.80. The molecule has 0 saturated heterocycles. The number of carbonyl (C=O) groups excluding carboxylic acids is 2. The van der Waals surface area contributed by atoms with Gasteiger partial charge in [-0.1, -0.05) is 60.5 Å². The van der Waals surface area contributed by atoms with Gasteiger partial charge in [0.25, 0.3) is 5.91 Å². The fourth-order valence-electron chi connectivity index (χ4n) is 2.80. The summed E-state index contributed by atoms with van der Waals surface area (Å²) in [5, 5.41) is 9.09. The molecule has 0 aliphatic heterocycles. The van der Waals surface area contributed by atoms with E-state index in [0.29, 0.717) is 34.0 Å². The molecular formula is C22H22Cl2N4O2S. The Hall–Kier alpha value is -2.61. The number of rotatable bonds is 9. The van der Waals surface area contributed by atoms with Gasteiger partial charge in [-0.3, -0.25) is 9.59 Å². The normalized spacial score (nSPS) is 10.5. The van der Waals surface area contributed by atoms with Crippen molar-refractivity contribution in [2.75, 3.05) is 18.4 Å². The molecule has 3 rings (SSSR count). The van der Waals surface area contributed by atoms with Crippen LogP contribution in [0.2, 0.25) is 10.0 Å². The maximum Gasteiger partial charge on any atom is 0.274 e. The fourth-order valence-corrected chi connectivity index (χ4v) is 3.83. The van der Waals surface area contributed by atoms with Crippen LogP contribution in [0.1, 0.15) is 29.4 Å². The molecule has 9 heteroatoms. The molecule has 0 atom stereocenters. The molecule has 162 valence electrons. The van der Waals surface area contributed by atoms with E-state index in [1.54, 1.807) is 23.6 Å². The minimum Gasteiger partial charge on any atom is -0.355 e. The Morgan fingerprint density at radius 2 is 1.90 bits per heavy atom. The fraction of sp³-hybridized carbons (Fsp3) is 0.227. The Kier molecular flexibility index (Phi) is 8.28. The van der Waals surface area contributed by atoms with Gasteiger partial charge in [-0.25, -0.2) is 4.98 Å². The van der Waals surface area contributed by atoms with E-state index in [1.807, 2.05) is 37.3 Å². The number of amides is 2. The first-order valence-corrected chi connectivity index (χ1v) is 11.4. The van der Waals surface area contributed by atoms with E-state index < -0.39 is 0 Å². The standard InChI is InChI=1S/C22H22Cl2N4O2S/c1-2-10-25-20(29)13-28(12-15-6-4-3-5-7-15)21(30)19-14-31-22(27-19)26-18-11-16(23)8-9-17(18)24/h3-9,11,14H,2,10,12-13H2,1H3,(H,25,29)(H,26,27). The average Bonchev–Trinajstić information content (AvgIpc) is 3.23. The van der Waals surface area contributed by atoms with Crippen molar-refractivity contribution < 1.29 is 9.59 Å². The summed E-state index contributed by atoms with van der Waals surface area (Å²) in [4.78, 5) is 31.3. The minimum absolute atomic E-state index is 0.0475. The van der Waals surface area contributed by atoms with Crippen molar-refractivity contribution in [3.8, 4) is 0 Å². The van der Waals surface area contributed by atoms with E-state index in [1.165, 1.54) is 16.2 Å². The van der Waals surface area contributed by atoms with Crippen LogP contribution in [0, 0.1) is 0 Å². The van der Waals surface area contributed by atoms with Crippen LogP contribution in [-0.2, 0) is 11.3 Å². The van der Waals surface area contributed by atoms with Crippen molar-refractivity contribution in [2.45, 2.75) is 19.9 Å². The lowest BCUT2D eigenvalue weighted by Crippen LogP contribution is -2.40. The zero-order chi connectivity index (χ0) is 22.2. The lowest BCUT2D eigenvalue weighted by atomic mass is 10.2. The Morgan fingerprint density at radius 3 is 2.65 bits per heavy atom. The second-order valence-electron chi connectivity index (χ2n) is 6.78. The van der Waals surface area contributed by atoms with Crippen molar-refractivity contribution in [3.63, 3.8) is 0 Å². The third-order valence-corrected chi connectivity index (χ3v) is 5.63. The van der Waals surface area contributed by atoms with Gasteiger partial charge in [-0.05, 0) is 30.2 Å². The molecule has 0 radical (unpaired) electrons. The Morgan fingerprint density at radius 1 is 1.13 bits per heavy atom. The highest BCUT2D eigenvalue weighted by molar-refractivity contribution is 7.14. The number of nitrogens with one attached hydrogen (secondary N) is 2. The predicted molar refractivity (Wildman–Crippen MR) is 126 cm³/mol. The lowest BCUT2D eigenvalue weighted by Gasteiger charge is -2.21. The van der Waals surface area contributed by atoms with Crippen LogP contribution in [0.4, 0.5) is 10.8 Å². The molecule has 3 aromatic rings. The van der Waals surface area contributed by atoms with Crippen molar-refractivity contribution in [1.82, 2.24) is 15.2 Å². The predicted octanol–water partition coefficient (Wildman–Crippen LogP) is 5.36. The molecule has 31 heavy (non-hydrogen) atoms. The van der Waals surface area contributed by atoms with Gasteiger partial charge in [0.05, 0.1) is 10.7 Å². The largest absolute Gasteiger partial charge is 0.355 e. The molecule has 0 aliphatic rings. The Bertz CT molecular complexity index is 1040. The second-order valence-corrected chi connectivity index (χ2v) is 8.49. The molecule has 0 unspecified atom stereocenters. The summed E-state index contributed by atoms with van der Waals surface area (Å²) in [5.41, 5.74) is 1.78. The molecule has 2 aromatic carbocycles. The summed E-state index contributed by atoms with van der Waals surface area (Å²) < 4.78 is 0. The van der Waals surface area contributed by atoms with Gasteiger partial charge >= 0.3 is 0 Å². The molecule has 0 bridgehead atoms. The maximum absolute atomic E-state index is 13.2. The molecule has 0 saturated carbocycles. The minimum atomic E-state index is -0.322. The van der Waals surface area contributed by atoms with E-state index in [9.17, 15) is 9.59 Å². The Labute approximate surface area is 195 Å². The monoisotopic (exact) mass is 476 g/mol. The van der Waals surface area contributed by atoms with Gasteiger partial charge in [-0.2, -0.15) is 0 Å². The third-order valence-electron chi connectivity index (χ3n) is 4.30. The van der Waals surface area contributed by atoms with E-state index in [2.05, 4.69) is 15.6 Å². The van der Waals surface area contributed by atoms with Crippen LogP contribution >= 0.6 is 34.5 Å². The number of nitrogens with zero attached hydrogens (tertiary/aromatic N) is 2. The van der Waals surface area contributed by atoms with Gasteiger partial charge in [0, 0.05) is 23.5 Å². The maximum atomic E-state index is 13.2. The number of hydrogen-bond acceptors (Lipinski definition) is 5. The van der Waals surface area contributed by atoms with Crippen LogP contribution in [0.25, 0.3) is 0 Å². The first kappa shape index (κ1) is 23.1. The van der Waals surface area contributed by atoms with Gasteiger partial charge in [0.1, 0.15) is 12.2 Å². The number of benzene rings is 2. The molecule has 0 aliphatic carbocycles. The summed E-state index contributed by atoms with van der Waals surface area (Å²) in [7, 11) is 0. The van der Waals surface area contributed by atoms with Crippen molar-refractivity contribution in [1.29, 1.82) is 0 Å². The number of aromatic nitrogens is 1. The van der Waals surface area contributed by atoms with Crippen molar-refractivity contribution in [2.24, 2.45) is 0 Å². The molecule has 1 aromatic heterocycles. The van der Waals surface area contributed by atoms with Crippen LogP contribution in [-0.4, -0.2) is 34.8 Å². The number of hydrogen-bond donors (Lipinski definition) is 2. The third kappa shape index (κ3) is 6.69. The molecule has 6 nitrogen and oxygen atoms in total. The highest BCUT2D eigenvalue weighted by Gasteiger charge is 2.22. The van der Waals surface area contributed by atoms with Gasteiger partial charge in [0.2, 0.25) is 5.91 Å². The Balaban J connectivity index is 1.76. The molecule has 0 fully saturated rings. The van der Waals surface area contributed by atoms with E-state index in [-0.39, 0.29) is 24.1 Å². The summed E-state index contributed by atoms with van der Waals surface area (Å²) >= 11 is 13.5. The first-order chi connectivity index (χ1) is 15.0. The van der Waals surface area contributed by atoms with E-state index >= 15 is 0 Å². The van der Waals surface area contributed by atoms with Crippen LogP contribution in [0.3, 0.4) is 0 Å². The second kappa shape index (κ2) is 11.1. The van der Waals surface area contributed by atoms with Gasteiger partial charge in [0.15, 0.2) is 5.13 Å². The molecular weight excluding hydrogens is 455 g/mol. The summed E-state index contributed by atoms with van der Waals surface area (Å²) in [6.07, 6.45) is 0.825. The van der Waals surface area contributed by atoms with E-state index in [0.717, 1.165) is 12.0 Å². The number of anilines is 2. The molecule has 1 heterocycles. The van der Waals surface area contributed by atoms with Crippen molar-refractivity contribution >= 4 is 57.2 Å². The number of carbonyl (C=O) groups is 2. The molecule has 0 spiro atoms. The zero-order valence-corrected chi connectivity index (χ0v) is 19.2. The summed E-state index contributed by atoms with van der Waals surface area (Å²) in [6, 6.07) is 14.6. The smallest absolute Gasteiger partial charge is 0.274 e. The van der Waals surface area contributed by atoms with Gasteiger partial charge < -0.3 is 15.5 Å².